The molecule has 2 aromatic heterocycles. The number of furan rings is 1. The predicted molar refractivity (Wildman–Crippen MR) is 152 cm³/mol. The summed E-state index contributed by atoms with van der Waals surface area (Å²) in [5.74, 6) is 0.610. The molecule has 2 aromatic carbocycles. The molecule has 0 saturated heterocycles. The van der Waals surface area contributed by atoms with Crippen LogP contribution in [0.4, 0.5) is 0 Å². The quantitative estimate of drug-likeness (QED) is 0.136. The fourth-order valence-electron chi connectivity index (χ4n) is 3.91. The van der Waals surface area contributed by atoms with E-state index in [1.807, 2.05) is 24.3 Å². The van der Waals surface area contributed by atoms with Gasteiger partial charge in [-0.05, 0) is 100.0 Å². The number of hydrazone groups is 1. The number of carbonyl (C=O) groups is 2. The molecule has 0 fully saturated rings. The van der Waals surface area contributed by atoms with Crippen molar-refractivity contribution in [1.82, 2.24) is 9.99 Å². The average Bonchev–Trinajstić information content (AvgIpc) is 3.55. The molecule has 208 valence electrons. The predicted octanol–water partition coefficient (Wildman–Crippen LogP) is 6.01. The lowest BCUT2D eigenvalue weighted by atomic mass is 10.2. The number of nitrogens with one attached hydrogen (secondary N) is 1. The fraction of sp³-hybridized carbons (Fsp3) is 0.233. The second-order valence-corrected chi connectivity index (χ2v) is 9.31. The number of ether oxygens (including phenoxy) is 3. The van der Waals surface area contributed by atoms with Crippen LogP contribution in [0.15, 0.2) is 76.2 Å². The first-order valence-electron chi connectivity index (χ1n) is 12.7. The first-order chi connectivity index (χ1) is 19.2. The summed E-state index contributed by atoms with van der Waals surface area (Å²) in [5.41, 5.74) is 6.40. The van der Waals surface area contributed by atoms with Crippen LogP contribution in [0.1, 0.15) is 47.1 Å². The largest absolute Gasteiger partial charge is 0.486 e. The number of halogens is 1. The Bertz CT molecular complexity index is 1490. The summed E-state index contributed by atoms with van der Waals surface area (Å²) >= 11 is 6.26. The number of aromatic nitrogens is 1. The molecule has 0 spiro atoms. The van der Waals surface area contributed by atoms with Crippen molar-refractivity contribution < 1.29 is 28.2 Å². The highest BCUT2D eigenvalue weighted by molar-refractivity contribution is 6.32. The van der Waals surface area contributed by atoms with Crippen molar-refractivity contribution in [2.45, 2.75) is 40.4 Å². The molecule has 40 heavy (non-hydrogen) atoms. The van der Waals surface area contributed by atoms with E-state index in [1.165, 1.54) is 6.21 Å². The number of esters is 1. The molecule has 0 aliphatic carbocycles. The summed E-state index contributed by atoms with van der Waals surface area (Å²) in [5, 5.41) is 4.24. The summed E-state index contributed by atoms with van der Waals surface area (Å²) in [4.78, 5) is 24.2. The normalized spacial score (nSPS) is 11.8. The zero-order chi connectivity index (χ0) is 28.6. The van der Waals surface area contributed by atoms with Crippen LogP contribution in [0.25, 0.3) is 5.69 Å². The monoisotopic (exact) mass is 563 g/mol. The van der Waals surface area contributed by atoms with Crippen molar-refractivity contribution in [1.29, 1.82) is 0 Å². The van der Waals surface area contributed by atoms with Crippen LogP contribution < -0.4 is 14.9 Å². The zero-order valence-corrected chi connectivity index (χ0v) is 23.4. The lowest BCUT2D eigenvalue weighted by molar-refractivity contribution is -0.150. The van der Waals surface area contributed by atoms with Crippen molar-refractivity contribution in [2.24, 2.45) is 5.10 Å². The van der Waals surface area contributed by atoms with Gasteiger partial charge in [0.2, 0.25) is 0 Å². The number of hydrogen-bond acceptors (Lipinski definition) is 7. The van der Waals surface area contributed by atoms with Gasteiger partial charge in [0.15, 0.2) is 11.9 Å². The van der Waals surface area contributed by atoms with Gasteiger partial charge < -0.3 is 23.2 Å². The highest BCUT2D eigenvalue weighted by Gasteiger charge is 2.17. The topological polar surface area (TPSA) is 104 Å². The molecule has 4 rings (SSSR count). The van der Waals surface area contributed by atoms with E-state index in [0.29, 0.717) is 22.8 Å². The van der Waals surface area contributed by atoms with E-state index in [4.69, 9.17) is 30.2 Å². The van der Waals surface area contributed by atoms with Gasteiger partial charge in [-0.25, -0.2) is 10.2 Å². The van der Waals surface area contributed by atoms with Gasteiger partial charge >= 0.3 is 11.9 Å². The second kappa shape index (κ2) is 13.0. The maximum atomic E-state index is 12.4. The summed E-state index contributed by atoms with van der Waals surface area (Å²) in [6.45, 7) is 7.85. The lowest BCUT2D eigenvalue weighted by Crippen LogP contribution is -2.26. The second-order valence-electron chi connectivity index (χ2n) is 8.90. The van der Waals surface area contributed by atoms with Crippen molar-refractivity contribution in [2.75, 3.05) is 6.61 Å². The Labute approximate surface area is 237 Å². The van der Waals surface area contributed by atoms with E-state index in [2.05, 4.69) is 41.1 Å². The third-order valence-corrected chi connectivity index (χ3v) is 6.19. The summed E-state index contributed by atoms with van der Waals surface area (Å²) < 4.78 is 24.1. The number of benzene rings is 2. The Morgan fingerprint density at radius 1 is 1.05 bits per heavy atom. The van der Waals surface area contributed by atoms with Gasteiger partial charge in [0, 0.05) is 17.1 Å². The Kier molecular flexibility index (Phi) is 9.29. The fourth-order valence-corrected chi connectivity index (χ4v) is 4.14. The minimum absolute atomic E-state index is 0.0967. The van der Waals surface area contributed by atoms with Crippen LogP contribution in [-0.4, -0.2) is 35.4 Å². The lowest BCUT2D eigenvalue weighted by Gasteiger charge is -2.14. The first-order valence-corrected chi connectivity index (χ1v) is 13.1. The molecular formula is C30H30ClN3O6. The van der Waals surface area contributed by atoms with Crippen LogP contribution in [0, 0.1) is 13.8 Å². The zero-order valence-electron chi connectivity index (χ0n) is 22.6. The number of carbonyl (C=O) groups excluding carboxylic acids is 2. The van der Waals surface area contributed by atoms with E-state index in [1.54, 1.807) is 44.2 Å². The molecule has 0 aliphatic heterocycles. The number of nitrogens with zero attached hydrogens (tertiary/aromatic N) is 2. The van der Waals surface area contributed by atoms with Gasteiger partial charge in [-0.15, -0.1) is 0 Å². The molecule has 1 N–H and O–H groups in total. The molecule has 0 saturated carbocycles. The molecule has 1 atom stereocenters. The van der Waals surface area contributed by atoms with Crippen molar-refractivity contribution in [3.05, 3.63) is 100 Å². The van der Waals surface area contributed by atoms with E-state index in [9.17, 15) is 9.59 Å². The summed E-state index contributed by atoms with van der Waals surface area (Å²) in [6, 6.07) is 20.1. The smallest absolute Gasteiger partial charge is 0.347 e. The molecule has 0 radical (unpaired) electrons. The van der Waals surface area contributed by atoms with Gasteiger partial charge in [-0.3, -0.25) is 4.79 Å². The van der Waals surface area contributed by atoms with Crippen LogP contribution in [0.5, 0.6) is 11.5 Å². The third kappa shape index (κ3) is 7.12. The van der Waals surface area contributed by atoms with Gasteiger partial charge in [-0.2, -0.15) is 5.10 Å². The van der Waals surface area contributed by atoms with E-state index < -0.39 is 18.0 Å². The molecule has 1 amide bonds. The van der Waals surface area contributed by atoms with Crippen LogP contribution in [-0.2, 0) is 16.1 Å². The maximum Gasteiger partial charge on any atom is 0.347 e. The van der Waals surface area contributed by atoms with E-state index in [0.717, 1.165) is 17.1 Å². The van der Waals surface area contributed by atoms with Gasteiger partial charge in [0.1, 0.15) is 23.9 Å². The molecule has 2 heterocycles. The van der Waals surface area contributed by atoms with Crippen LogP contribution in [0.3, 0.4) is 0 Å². The minimum Gasteiger partial charge on any atom is -0.486 e. The van der Waals surface area contributed by atoms with Crippen molar-refractivity contribution >= 4 is 29.7 Å². The maximum absolute atomic E-state index is 12.4. The molecule has 0 bridgehead atoms. The van der Waals surface area contributed by atoms with Crippen LogP contribution >= 0.6 is 11.6 Å². The van der Waals surface area contributed by atoms with Crippen molar-refractivity contribution in [3.8, 4) is 17.2 Å². The molecule has 0 aliphatic rings. The van der Waals surface area contributed by atoms with Crippen molar-refractivity contribution in [3.63, 3.8) is 0 Å². The Hall–Kier alpha value is -4.50. The standard InChI is InChI=1S/C30H30ClN3O6/c1-5-37-30(36)21(4)39-27-14-8-22(16-26(27)31)17-32-33-29(35)28-15-13-25(40-28)18-38-24-11-9-23(10-12-24)34-19(2)6-7-20(34)3/h6-17,21H,5,18H2,1-4H3,(H,33,35)/b32-17+/t21-/m1/s1. The number of hydrogen-bond donors (Lipinski definition) is 1. The SMILES string of the molecule is CCOC(=O)[C@@H](C)Oc1ccc(/C=N/NC(=O)c2ccc(COc3ccc(-n4c(C)ccc4C)cc3)o2)cc1Cl. The molecular weight excluding hydrogens is 534 g/mol. The number of rotatable bonds is 11. The molecule has 10 heteroatoms. The summed E-state index contributed by atoms with van der Waals surface area (Å²) in [7, 11) is 0. The van der Waals surface area contributed by atoms with Gasteiger partial charge in [0.05, 0.1) is 17.8 Å². The highest BCUT2D eigenvalue weighted by atomic mass is 35.5. The Balaban J connectivity index is 1.27. The minimum atomic E-state index is -0.802. The van der Waals surface area contributed by atoms with Gasteiger partial charge in [-0.1, -0.05) is 11.6 Å². The van der Waals surface area contributed by atoms with E-state index >= 15 is 0 Å². The molecule has 4 aromatic rings. The van der Waals surface area contributed by atoms with E-state index in [-0.39, 0.29) is 24.0 Å². The first kappa shape index (κ1) is 28.5. The number of amides is 1. The van der Waals surface area contributed by atoms with Crippen LogP contribution in [0.2, 0.25) is 5.02 Å². The Morgan fingerprint density at radius 2 is 1.77 bits per heavy atom. The summed E-state index contributed by atoms with van der Waals surface area (Å²) in [6.07, 6.45) is 0.625. The average molecular weight is 564 g/mol. The number of aryl methyl sites for hydroxylation is 2. The third-order valence-electron chi connectivity index (χ3n) is 5.89. The highest BCUT2D eigenvalue weighted by Crippen LogP contribution is 2.26. The van der Waals surface area contributed by atoms with Gasteiger partial charge in [0.25, 0.3) is 0 Å². The Morgan fingerprint density at radius 3 is 2.45 bits per heavy atom. The molecule has 0 unspecified atom stereocenters. The molecule has 9 nitrogen and oxygen atoms in total.